The van der Waals surface area contributed by atoms with Gasteiger partial charge in [-0.1, -0.05) is 30.3 Å². The lowest BCUT2D eigenvalue weighted by Crippen LogP contribution is -2.39. The number of alkyl halides is 3. The van der Waals surface area contributed by atoms with Gasteiger partial charge in [0, 0.05) is 17.6 Å². The second-order valence-electron chi connectivity index (χ2n) is 7.82. The van der Waals surface area contributed by atoms with Crippen LogP contribution in [0.15, 0.2) is 48.5 Å². The fourth-order valence-electron chi connectivity index (χ4n) is 4.36. The number of carbonyl (C=O) groups is 1. The molecule has 2 aliphatic rings. The molecule has 5 nitrogen and oxygen atoms in total. The molecule has 4 rings (SSSR count). The molecular formula is C22H23F3N2O3. The average Bonchev–Trinajstić information content (AvgIpc) is 3.04. The van der Waals surface area contributed by atoms with E-state index in [9.17, 15) is 18.0 Å². The third-order valence-corrected chi connectivity index (χ3v) is 5.56. The highest BCUT2D eigenvalue weighted by Crippen LogP contribution is 2.33. The van der Waals surface area contributed by atoms with Gasteiger partial charge in [0.05, 0.1) is 12.3 Å². The van der Waals surface area contributed by atoms with Crippen LogP contribution in [0.2, 0.25) is 0 Å². The Morgan fingerprint density at radius 1 is 1.07 bits per heavy atom. The predicted molar refractivity (Wildman–Crippen MR) is 106 cm³/mol. The van der Waals surface area contributed by atoms with Crippen LogP contribution < -0.4 is 15.4 Å². The topological polar surface area (TPSA) is 59.6 Å². The number of halogens is 3. The van der Waals surface area contributed by atoms with Gasteiger partial charge in [-0.15, -0.1) is 13.2 Å². The lowest BCUT2D eigenvalue weighted by molar-refractivity contribution is -0.274. The van der Waals surface area contributed by atoms with E-state index in [0.29, 0.717) is 41.4 Å². The largest absolute Gasteiger partial charge is 0.573 e. The maximum Gasteiger partial charge on any atom is 0.573 e. The lowest BCUT2D eigenvalue weighted by atomic mass is 9.93. The minimum Gasteiger partial charge on any atom is -0.449 e. The molecule has 2 unspecified atom stereocenters. The van der Waals surface area contributed by atoms with Gasteiger partial charge in [-0.05, 0) is 55.4 Å². The van der Waals surface area contributed by atoms with E-state index in [4.69, 9.17) is 4.74 Å². The molecule has 0 saturated carbocycles. The second-order valence-corrected chi connectivity index (χ2v) is 7.82. The SMILES string of the molecule is O=C(Nc1ccccc1-c1cccc(OC(F)(F)F)c1)OCC1CC2CCC(C1)N2. The fourth-order valence-corrected chi connectivity index (χ4v) is 4.36. The van der Waals surface area contributed by atoms with Gasteiger partial charge in [-0.25, -0.2) is 4.79 Å². The first-order chi connectivity index (χ1) is 14.4. The molecule has 0 spiro atoms. The molecule has 160 valence electrons. The molecule has 2 bridgehead atoms. The summed E-state index contributed by atoms with van der Waals surface area (Å²) in [6.07, 6.45) is -0.973. The summed E-state index contributed by atoms with van der Waals surface area (Å²) in [6, 6.07) is 13.5. The average molecular weight is 420 g/mol. The first-order valence-corrected chi connectivity index (χ1v) is 10.0. The highest BCUT2D eigenvalue weighted by atomic mass is 19.4. The number of anilines is 1. The van der Waals surface area contributed by atoms with Gasteiger partial charge in [0.15, 0.2) is 0 Å². The van der Waals surface area contributed by atoms with Crippen molar-refractivity contribution < 1.29 is 27.4 Å². The van der Waals surface area contributed by atoms with E-state index in [0.717, 1.165) is 12.8 Å². The molecular weight excluding hydrogens is 397 g/mol. The van der Waals surface area contributed by atoms with Gasteiger partial charge in [-0.2, -0.15) is 0 Å². The molecule has 0 radical (unpaired) electrons. The summed E-state index contributed by atoms with van der Waals surface area (Å²) in [7, 11) is 0. The van der Waals surface area contributed by atoms with Crippen molar-refractivity contribution in [2.24, 2.45) is 5.92 Å². The van der Waals surface area contributed by atoms with Crippen molar-refractivity contribution in [2.75, 3.05) is 11.9 Å². The Morgan fingerprint density at radius 3 is 2.53 bits per heavy atom. The summed E-state index contributed by atoms with van der Waals surface area (Å²) < 4.78 is 47.0. The maximum atomic E-state index is 12.5. The third-order valence-electron chi connectivity index (χ3n) is 5.56. The molecule has 1 amide bonds. The number of rotatable bonds is 5. The monoisotopic (exact) mass is 420 g/mol. The Balaban J connectivity index is 1.41. The Bertz CT molecular complexity index is 891. The van der Waals surface area contributed by atoms with Crippen LogP contribution in [0.5, 0.6) is 5.75 Å². The van der Waals surface area contributed by atoms with Crippen LogP contribution in [0.3, 0.4) is 0 Å². The molecule has 2 aromatic carbocycles. The van der Waals surface area contributed by atoms with E-state index in [1.165, 1.54) is 31.0 Å². The maximum absolute atomic E-state index is 12.5. The zero-order chi connectivity index (χ0) is 21.1. The molecule has 30 heavy (non-hydrogen) atoms. The highest BCUT2D eigenvalue weighted by molar-refractivity contribution is 5.91. The Kier molecular flexibility index (Phi) is 5.85. The summed E-state index contributed by atoms with van der Waals surface area (Å²) in [4.78, 5) is 12.3. The van der Waals surface area contributed by atoms with Crippen LogP contribution in [-0.2, 0) is 4.74 Å². The first-order valence-electron chi connectivity index (χ1n) is 10.0. The molecule has 0 aromatic heterocycles. The van der Waals surface area contributed by atoms with E-state index >= 15 is 0 Å². The smallest absolute Gasteiger partial charge is 0.449 e. The van der Waals surface area contributed by atoms with E-state index in [1.807, 2.05) is 0 Å². The van der Waals surface area contributed by atoms with Gasteiger partial charge < -0.3 is 14.8 Å². The number of nitrogens with one attached hydrogen (secondary N) is 2. The lowest BCUT2D eigenvalue weighted by Gasteiger charge is -2.28. The number of amides is 1. The Hall–Kier alpha value is -2.74. The van der Waals surface area contributed by atoms with E-state index < -0.39 is 12.5 Å². The molecule has 8 heteroatoms. The molecule has 2 saturated heterocycles. The number of hydrogen-bond donors (Lipinski definition) is 2. The summed E-state index contributed by atoms with van der Waals surface area (Å²) in [5.74, 6) is 0.0267. The van der Waals surface area contributed by atoms with Crippen LogP contribution in [0.25, 0.3) is 11.1 Å². The highest BCUT2D eigenvalue weighted by Gasteiger charge is 2.34. The van der Waals surface area contributed by atoms with Crippen LogP contribution in [0.4, 0.5) is 23.7 Å². The molecule has 2 N–H and O–H groups in total. The van der Waals surface area contributed by atoms with Crippen LogP contribution in [-0.4, -0.2) is 31.1 Å². The predicted octanol–water partition coefficient (Wildman–Crippen LogP) is 5.33. The first kappa shape index (κ1) is 20.5. The van der Waals surface area contributed by atoms with Gasteiger partial charge >= 0.3 is 12.5 Å². The van der Waals surface area contributed by atoms with E-state index in [-0.39, 0.29) is 5.75 Å². The number of hydrogen-bond acceptors (Lipinski definition) is 4. The minimum absolute atomic E-state index is 0.321. The molecule has 0 aliphatic carbocycles. The number of fused-ring (bicyclic) bond motifs is 2. The molecule has 2 atom stereocenters. The normalized spacial score (nSPS) is 23.1. The van der Waals surface area contributed by atoms with E-state index in [1.54, 1.807) is 30.3 Å². The van der Waals surface area contributed by atoms with E-state index in [2.05, 4.69) is 15.4 Å². The summed E-state index contributed by atoms with van der Waals surface area (Å²) >= 11 is 0. The van der Waals surface area contributed by atoms with Gasteiger partial charge in [0.25, 0.3) is 0 Å². The van der Waals surface area contributed by atoms with Gasteiger partial charge in [0.1, 0.15) is 5.75 Å². The summed E-state index contributed by atoms with van der Waals surface area (Å²) in [5.41, 5.74) is 1.52. The van der Waals surface area contributed by atoms with Gasteiger partial charge in [-0.3, -0.25) is 5.32 Å². The van der Waals surface area contributed by atoms with Crippen LogP contribution in [0, 0.1) is 5.92 Å². The number of piperidine rings is 1. The fraction of sp³-hybridized carbons (Fsp3) is 0.409. The zero-order valence-electron chi connectivity index (χ0n) is 16.2. The quantitative estimate of drug-likeness (QED) is 0.686. The number of benzene rings is 2. The number of ether oxygens (including phenoxy) is 2. The van der Waals surface area contributed by atoms with Crippen molar-refractivity contribution in [3.63, 3.8) is 0 Å². The molecule has 2 aromatic rings. The third kappa shape index (κ3) is 5.24. The second kappa shape index (κ2) is 8.55. The van der Waals surface area contributed by atoms with Crippen molar-refractivity contribution in [3.8, 4) is 16.9 Å². The molecule has 2 fully saturated rings. The number of carbonyl (C=O) groups excluding carboxylic acids is 1. The van der Waals surface area contributed by atoms with Crippen LogP contribution in [0.1, 0.15) is 25.7 Å². The Morgan fingerprint density at radius 2 is 1.80 bits per heavy atom. The molecule has 2 heterocycles. The molecule has 2 aliphatic heterocycles. The van der Waals surface area contributed by atoms with Crippen molar-refractivity contribution in [3.05, 3.63) is 48.5 Å². The van der Waals surface area contributed by atoms with Gasteiger partial charge in [0.2, 0.25) is 0 Å². The summed E-state index contributed by atoms with van der Waals surface area (Å²) in [5, 5.41) is 6.27. The van der Waals surface area contributed by atoms with Crippen molar-refractivity contribution >= 4 is 11.8 Å². The van der Waals surface area contributed by atoms with Crippen LogP contribution >= 0.6 is 0 Å². The summed E-state index contributed by atoms with van der Waals surface area (Å²) in [6.45, 7) is 0.359. The van der Waals surface area contributed by atoms with Crippen molar-refractivity contribution in [1.82, 2.24) is 5.32 Å². The standard InChI is InChI=1S/C22H23F3N2O3/c23-22(24,25)30-18-5-3-4-15(12-18)19-6-1-2-7-20(19)27-21(28)29-13-14-10-16-8-9-17(11-14)26-16/h1-7,12,14,16-17,26H,8-11,13H2,(H,27,28). The minimum atomic E-state index is -4.77. The zero-order valence-corrected chi connectivity index (χ0v) is 16.2. The van der Waals surface area contributed by atoms with Crippen molar-refractivity contribution in [2.45, 2.75) is 44.1 Å². The Labute approximate surface area is 172 Å². The number of para-hydroxylation sites is 1. The van der Waals surface area contributed by atoms with Crippen molar-refractivity contribution in [1.29, 1.82) is 0 Å².